The van der Waals surface area contributed by atoms with E-state index in [1.807, 2.05) is 0 Å². The molecule has 0 aliphatic carbocycles. The molecule has 16 heteroatoms. The molecule has 1 aromatic heterocycles. The normalized spacial score (nSPS) is 15.1. The highest BCUT2D eigenvalue weighted by Crippen LogP contribution is 2.39. The molecule has 1 fully saturated rings. The fourth-order valence-electron chi connectivity index (χ4n) is 4.27. The zero-order valence-corrected chi connectivity index (χ0v) is 26.1. The third-order valence-electron chi connectivity index (χ3n) is 6.38. The Balaban J connectivity index is 1.42. The van der Waals surface area contributed by atoms with Gasteiger partial charge in [-0.25, -0.2) is 25.3 Å². The van der Waals surface area contributed by atoms with Crippen LogP contribution in [0.5, 0.6) is 0 Å². The van der Waals surface area contributed by atoms with Gasteiger partial charge in [-0.2, -0.15) is 4.31 Å². The van der Waals surface area contributed by atoms with Crippen molar-refractivity contribution in [3.8, 4) is 0 Å². The molecular weight excluding hydrogens is 658 g/mol. The first-order valence-corrected chi connectivity index (χ1v) is 17.8. The van der Waals surface area contributed by atoms with Gasteiger partial charge in [0.1, 0.15) is 9.21 Å². The topological polar surface area (TPSA) is 150 Å². The van der Waals surface area contributed by atoms with Gasteiger partial charge in [0.25, 0.3) is 17.2 Å². The van der Waals surface area contributed by atoms with Crippen molar-refractivity contribution < 1.29 is 35.1 Å². The average Bonchev–Trinajstić information content (AvgIpc) is 3.49. The van der Waals surface area contributed by atoms with E-state index in [4.69, 9.17) is 16.3 Å². The van der Waals surface area contributed by atoms with Crippen LogP contribution in [0.25, 0.3) is 0 Å². The number of halogens is 1. The van der Waals surface area contributed by atoms with Gasteiger partial charge >= 0.3 is 0 Å². The number of morpholine rings is 1. The lowest BCUT2D eigenvalue weighted by atomic mass is 10.1. The van der Waals surface area contributed by atoms with Crippen molar-refractivity contribution in [3.05, 3.63) is 95.5 Å². The van der Waals surface area contributed by atoms with Crippen molar-refractivity contribution in [1.82, 2.24) is 4.31 Å². The summed E-state index contributed by atoms with van der Waals surface area (Å²) in [6.45, 7) is 1.09. The number of nitrogens with zero attached hydrogens (tertiary/aromatic N) is 2. The molecule has 2 heterocycles. The molecule has 226 valence electrons. The fraction of sp³-hybridized carbons (Fsp3) is 0.148. The quantitative estimate of drug-likeness (QED) is 0.240. The van der Waals surface area contributed by atoms with Gasteiger partial charge in [0.15, 0.2) is 0 Å². The number of carbonyl (C=O) groups is 1. The largest absolute Gasteiger partial charge is 0.379 e. The van der Waals surface area contributed by atoms with Gasteiger partial charge in [-0.3, -0.25) is 9.35 Å². The second-order valence-corrected chi connectivity index (χ2v) is 15.5. The molecule has 1 amide bonds. The van der Waals surface area contributed by atoms with E-state index >= 15 is 0 Å². The van der Waals surface area contributed by atoms with Crippen molar-refractivity contribution in [1.29, 1.82) is 0 Å². The third-order valence-corrected chi connectivity index (χ3v) is 12.7. The summed E-state index contributed by atoms with van der Waals surface area (Å²) < 4.78 is 82.3. The van der Waals surface area contributed by atoms with E-state index in [1.165, 1.54) is 71.0 Å². The zero-order valence-electron chi connectivity index (χ0n) is 22.1. The van der Waals surface area contributed by atoms with E-state index < -0.39 is 37.0 Å². The third kappa shape index (κ3) is 6.68. The van der Waals surface area contributed by atoms with Crippen molar-refractivity contribution in [2.75, 3.05) is 35.9 Å². The van der Waals surface area contributed by atoms with Crippen molar-refractivity contribution in [3.63, 3.8) is 0 Å². The molecule has 2 N–H and O–H groups in total. The highest BCUT2D eigenvalue weighted by Gasteiger charge is 2.28. The van der Waals surface area contributed by atoms with Gasteiger partial charge in [0.05, 0.1) is 34.3 Å². The number of sulfone groups is 1. The van der Waals surface area contributed by atoms with E-state index in [2.05, 4.69) is 5.32 Å². The molecule has 11 nitrogen and oxygen atoms in total. The molecule has 3 aromatic carbocycles. The molecule has 0 bridgehead atoms. The molecule has 0 saturated carbocycles. The minimum Gasteiger partial charge on any atom is -0.379 e. The van der Waals surface area contributed by atoms with Crippen LogP contribution in [0.4, 0.5) is 16.4 Å². The molecule has 4 aromatic rings. The van der Waals surface area contributed by atoms with E-state index in [0.717, 1.165) is 15.6 Å². The summed E-state index contributed by atoms with van der Waals surface area (Å²) in [7, 11) is -7.63. The maximum absolute atomic E-state index is 13.4. The molecule has 1 atom stereocenters. The van der Waals surface area contributed by atoms with Gasteiger partial charge in [-0.15, -0.1) is 11.3 Å². The summed E-state index contributed by atoms with van der Waals surface area (Å²) in [6.07, 6.45) is 0. The fourth-order valence-corrected chi connectivity index (χ4v) is 9.34. The SMILES string of the molecule is O=C(Nc1ccc(S(=O)(=O)N2CCOCC2)cc1)c1cc(Cl)ccc1N(c1ccc(S(=O)(=O)c2ccccc2)s1)S(=O)O. The minimum absolute atomic E-state index is 0.0141. The Hall–Kier alpha value is -3.15. The number of hydrogen-bond acceptors (Lipinski definition) is 8. The van der Waals surface area contributed by atoms with Crippen molar-refractivity contribution >= 4 is 76.3 Å². The van der Waals surface area contributed by atoms with Gasteiger partial charge in [-0.1, -0.05) is 29.8 Å². The Kier molecular flexibility index (Phi) is 9.34. The zero-order chi connectivity index (χ0) is 30.8. The Morgan fingerprint density at radius 3 is 2.26 bits per heavy atom. The van der Waals surface area contributed by atoms with Gasteiger partial charge in [0.2, 0.25) is 19.9 Å². The molecule has 5 rings (SSSR count). The maximum Gasteiger partial charge on any atom is 0.267 e. The Morgan fingerprint density at radius 1 is 0.930 bits per heavy atom. The average molecular weight is 682 g/mol. The molecule has 1 unspecified atom stereocenters. The van der Waals surface area contributed by atoms with Crippen molar-refractivity contribution in [2.24, 2.45) is 0 Å². The van der Waals surface area contributed by atoms with Crippen LogP contribution in [0.3, 0.4) is 0 Å². The number of benzene rings is 3. The van der Waals surface area contributed by atoms with E-state index in [-0.39, 0.29) is 54.1 Å². The van der Waals surface area contributed by atoms with Crippen LogP contribution in [0.2, 0.25) is 5.02 Å². The number of sulfonamides is 1. The van der Waals surface area contributed by atoms with Crippen molar-refractivity contribution in [2.45, 2.75) is 14.0 Å². The first kappa shape index (κ1) is 31.3. The second-order valence-electron chi connectivity index (χ2n) is 9.09. The summed E-state index contributed by atoms with van der Waals surface area (Å²) in [4.78, 5) is 13.5. The van der Waals surface area contributed by atoms with Crippen LogP contribution in [0.15, 0.2) is 98.9 Å². The lowest BCUT2D eigenvalue weighted by Crippen LogP contribution is -2.40. The summed E-state index contributed by atoms with van der Waals surface area (Å²) in [5, 5.41) is 2.91. The number of ether oxygens (including phenoxy) is 1. The van der Waals surface area contributed by atoms with E-state index in [0.29, 0.717) is 13.2 Å². The molecular formula is C27H24ClN3O8S4. The predicted octanol–water partition coefficient (Wildman–Crippen LogP) is 4.78. The predicted molar refractivity (Wildman–Crippen MR) is 165 cm³/mol. The van der Waals surface area contributed by atoms with E-state index in [9.17, 15) is 30.4 Å². The summed E-state index contributed by atoms with van der Waals surface area (Å²) in [6, 6.07) is 20.1. The number of thiophene rings is 1. The molecule has 1 saturated heterocycles. The van der Waals surface area contributed by atoms with Gasteiger partial charge in [-0.05, 0) is 66.7 Å². The first-order chi connectivity index (χ1) is 20.5. The van der Waals surface area contributed by atoms with E-state index in [1.54, 1.807) is 18.2 Å². The summed E-state index contributed by atoms with van der Waals surface area (Å²) >= 11 is 4.23. The van der Waals surface area contributed by atoms with Crippen LogP contribution in [0.1, 0.15) is 10.4 Å². The Bertz CT molecular complexity index is 1880. The van der Waals surface area contributed by atoms with Crippen LogP contribution in [-0.4, -0.2) is 62.1 Å². The van der Waals surface area contributed by atoms with Crippen LogP contribution in [-0.2, 0) is 35.9 Å². The maximum atomic E-state index is 13.4. The molecule has 0 radical (unpaired) electrons. The van der Waals surface area contributed by atoms with Gasteiger partial charge in [0, 0.05) is 23.8 Å². The highest BCUT2D eigenvalue weighted by molar-refractivity contribution is 7.93. The lowest BCUT2D eigenvalue weighted by Gasteiger charge is -2.26. The smallest absolute Gasteiger partial charge is 0.267 e. The number of anilines is 3. The highest BCUT2D eigenvalue weighted by atomic mass is 35.5. The molecule has 1 aliphatic rings. The van der Waals surface area contributed by atoms with Crippen LogP contribution >= 0.6 is 22.9 Å². The molecule has 43 heavy (non-hydrogen) atoms. The number of carbonyl (C=O) groups excluding carboxylic acids is 1. The lowest BCUT2D eigenvalue weighted by molar-refractivity contribution is 0.0730. The van der Waals surface area contributed by atoms with Crippen LogP contribution < -0.4 is 9.62 Å². The van der Waals surface area contributed by atoms with Gasteiger partial charge < -0.3 is 10.1 Å². The number of hydrogen-bond donors (Lipinski definition) is 2. The Labute approximate surface area is 260 Å². The molecule has 0 spiro atoms. The van der Waals surface area contributed by atoms with Crippen LogP contribution in [0, 0.1) is 0 Å². The monoisotopic (exact) mass is 681 g/mol. The number of nitrogens with one attached hydrogen (secondary N) is 1. The number of amides is 1. The Morgan fingerprint density at radius 2 is 1.60 bits per heavy atom. The minimum atomic E-state index is -3.90. The summed E-state index contributed by atoms with van der Waals surface area (Å²) in [5.41, 5.74) is 0.168. The number of rotatable bonds is 9. The summed E-state index contributed by atoms with van der Waals surface area (Å²) in [5.74, 6) is -0.703. The standard InChI is InChI=1S/C27H24ClN3O8S4/c28-19-6-11-24(31(41(33)34)25-12-13-26(40-25)42(35,36)21-4-2-1-3-5-21)23(18-19)27(32)29-20-7-9-22(10-8-20)43(37,38)30-14-16-39-17-15-30/h1-13,18H,14-17H2,(H,29,32)(H,33,34). The second kappa shape index (κ2) is 12.8. The molecule has 1 aliphatic heterocycles. The first-order valence-electron chi connectivity index (χ1n) is 12.6.